The van der Waals surface area contributed by atoms with Crippen molar-refractivity contribution in [1.82, 2.24) is 9.38 Å². The molecule has 1 unspecified atom stereocenters. The van der Waals surface area contributed by atoms with E-state index in [1.165, 1.54) is 0 Å². The number of carbonyl (C=O) groups is 1. The lowest BCUT2D eigenvalue weighted by molar-refractivity contribution is -0.137. The van der Waals surface area contributed by atoms with Gasteiger partial charge in [0.2, 0.25) is 0 Å². The topological polar surface area (TPSA) is 78.4 Å². The Morgan fingerprint density at radius 1 is 1.65 bits per heavy atom. The number of hydrogen-bond acceptors (Lipinski definition) is 3. The lowest BCUT2D eigenvalue weighted by Gasteiger charge is -2.06. The third kappa shape index (κ3) is 1.97. The molecular formula is C12H11N3O2. The van der Waals surface area contributed by atoms with Gasteiger partial charge in [0, 0.05) is 12.1 Å². The maximum atomic E-state index is 10.7. The summed E-state index contributed by atoms with van der Waals surface area (Å²) in [6, 6.07) is 7.46. The van der Waals surface area contributed by atoms with E-state index in [1.54, 1.807) is 23.6 Å². The summed E-state index contributed by atoms with van der Waals surface area (Å²) in [4.78, 5) is 14.9. The molecule has 0 radical (unpaired) electrons. The first-order valence-corrected chi connectivity index (χ1v) is 5.22. The van der Waals surface area contributed by atoms with Gasteiger partial charge in [-0.3, -0.25) is 4.79 Å². The van der Waals surface area contributed by atoms with Crippen molar-refractivity contribution in [2.24, 2.45) is 0 Å². The standard InChI is InChI=1S/C12H11N3O2/c1-8(6-11(16)17)12-14-9(7-13)10-4-2-3-5-15(10)12/h2-5,8H,6H2,1H3,(H,16,17). The highest BCUT2D eigenvalue weighted by Gasteiger charge is 2.18. The van der Waals surface area contributed by atoms with Gasteiger partial charge in [0.1, 0.15) is 11.9 Å². The highest BCUT2D eigenvalue weighted by Crippen LogP contribution is 2.21. The Morgan fingerprint density at radius 2 is 2.41 bits per heavy atom. The van der Waals surface area contributed by atoms with E-state index in [-0.39, 0.29) is 12.3 Å². The normalized spacial score (nSPS) is 12.2. The minimum atomic E-state index is -0.872. The van der Waals surface area contributed by atoms with Crippen molar-refractivity contribution in [3.05, 3.63) is 35.9 Å². The largest absolute Gasteiger partial charge is 0.481 e. The van der Waals surface area contributed by atoms with Crippen molar-refractivity contribution in [2.45, 2.75) is 19.3 Å². The number of rotatable bonds is 3. The summed E-state index contributed by atoms with van der Waals surface area (Å²) in [5.41, 5.74) is 1.04. The molecular weight excluding hydrogens is 218 g/mol. The van der Waals surface area contributed by atoms with E-state index in [0.29, 0.717) is 17.0 Å². The van der Waals surface area contributed by atoms with E-state index in [2.05, 4.69) is 4.98 Å². The van der Waals surface area contributed by atoms with Crippen molar-refractivity contribution >= 4 is 11.5 Å². The zero-order chi connectivity index (χ0) is 12.4. The number of imidazole rings is 1. The lowest BCUT2D eigenvalue weighted by Crippen LogP contribution is -2.06. The summed E-state index contributed by atoms with van der Waals surface area (Å²) in [7, 11) is 0. The van der Waals surface area contributed by atoms with Crippen LogP contribution in [0.1, 0.15) is 30.8 Å². The Bertz CT molecular complexity index is 610. The first kappa shape index (κ1) is 11.1. The third-order valence-electron chi connectivity index (χ3n) is 2.60. The first-order valence-electron chi connectivity index (χ1n) is 5.22. The van der Waals surface area contributed by atoms with E-state index in [0.717, 1.165) is 0 Å². The molecule has 5 heteroatoms. The van der Waals surface area contributed by atoms with Crippen LogP contribution in [0.2, 0.25) is 0 Å². The molecule has 86 valence electrons. The Kier molecular flexibility index (Phi) is 2.79. The quantitative estimate of drug-likeness (QED) is 0.870. The molecule has 0 bridgehead atoms. The number of carboxylic acids is 1. The molecule has 0 saturated carbocycles. The van der Waals surface area contributed by atoms with Gasteiger partial charge in [0.15, 0.2) is 5.69 Å². The van der Waals surface area contributed by atoms with Gasteiger partial charge in [-0.1, -0.05) is 13.0 Å². The second kappa shape index (κ2) is 4.26. The van der Waals surface area contributed by atoms with Crippen LogP contribution in [0.5, 0.6) is 0 Å². The third-order valence-corrected chi connectivity index (χ3v) is 2.60. The Morgan fingerprint density at radius 3 is 3.06 bits per heavy atom. The van der Waals surface area contributed by atoms with Crippen molar-refractivity contribution in [3.8, 4) is 6.07 Å². The molecule has 0 fully saturated rings. The average Bonchev–Trinajstić information content (AvgIpc) is 2.67. The fraction of sp³-hybridized carbons (Fsp3) is 0.250. The van der Waals surface area contributed by atoms with Crippen LogP contribution in [-0.2, 0) is 4.79 Å². The van der Waals surface area contributed by atoms with Crippen LogP contribution in [0, 0.1) is 11.3 Å². The molecule has 0 aliphatic heterocycles. The van der Waals surface area contributed by atoms with Crippen molar-refractivity contribution < 1.29 is 9.90 Å². The van der Waals surface area contributed by atoms with Gasteiger partial charge < -0.3 is 9.51 Å². The number of aliphatic carboxylic acids is 1. The molecule has 2 rings (SSSR count). The van der Waals surface area contributed by atoms with E-state index in [4.69, 9.17) is 10.4 Å². The van der Waals surface area contributed by atoms with E-state index in [1.807, 2.05) is 18.2 Å². The molecule has 1 atom stereocenters. The molecule has 0 spiro atoms. The maximum Gasteiger partial charge on any atom is 0.304 e. The highest BCUT2D eigenvalue weighted by molar-refractivity contribution is 5.68. The van der Waals surface area contributed by atoms with Crippen molar-refractivity contribution in [1.29, 1.82) is 5.26 Å². The molecule has 0 aliphatic carbocycles. The predicted octanol–water partition coefficient (Wildman–Crippen LogP) is 1.78. The molecule has 5 nitrogen and oxygen atoms in total. The summed E-state index contributed by atoms with van der Waals surface area (Å²) >= 11 is 0. The van der Waals surface area contributed by atoms with Gasteiger partial charge in [-0.2, -0.15) is 5.26 Å². The number of carboxylic acid groups (broad SMARTS) is 1. The van der Waals surface area contributed by atoms with Crippen LogP contribution in [-0.4, -0.2) is 20.5 Å². The van der Waals surface area contributed by atoms with E-state index in [9.17, 15) is 4.79 Å². The molecule has 0 amide bonds. The van der Waals surface area contributed by atoms with Crippen LogP contribution >= 0.6 is 0 Å². The van der Waals surface area contributed by atoms with E-state index < -0.39 is 5.97 Å². The minimum absolute atomic E-state index is 0.00111. The summed E-state index contributed by atoms with van der Waals surface area (Å²) < 4.78 is 1.77. The van der Waals surface area contributed by atoms with Gasteiger partial charge >= 0.3 is 5.97 Å². The SMILES string of the molecule is CC(CC(=O)O)c1nc(C#N)c2ccccn12. The zero-order valence-corrected chi connectivity index (χ0v) is 9.29. The van der Waals surface area contributed by atoms with Gasteiger partial charge in [0.25, 0.3) is 0 Å². The van der Waals surface area contributed by atoms with Gasteiger partial charge in [0.05, 0.1) is 11.9 Å². The number of hydrogen-bond donors (Lipinski definition) is 1. The molecule has 0 saturated heterocycles. The second-order valence-corrected chi connectivity index (χ2v) is 3.89. The zero-order valence-electron chi connectivity index (χ0n) is 9.29. The molecule has 17 heavy (non-hydrogen) atoms. The molecule has 2 aromatic rings. The number of pyridine rings is 1. The highest BCUT2D eigenvalue weighted by atomic mass is 16.4. The van der Waals surface area contributed by atoms with Gasteiger partial charge in [-0.15, -0.1) is 0 Å². The molecule has 1 N–H and O–H groups in total. The summed E-state index contributed by atoms with van der Waals surface area (Å²) in [6.45, 7) is 1.79. The molecule has 2 aromatic heterocycles. The average molecular weight is 229 g/mol. The van der Waals surface area contributed by atoms with Crippen LogP contribution in [0.4, 0.5) is 0 Å². The fourth-order valence-corrected chi connectivity index (χ4v) is 1.84. The Balaban J connectivity index is 2.55. The first-order chi connectivity index (χ1) is 8.13. The number of nitriles is 1. The molecule has 0 aromatic carbocycles. The lowest BCUT2D eigenvalue weighted by atomic mass is 10.1. The van der Waals surface area contributed by atoms with Crippen LogP contribution in [0.15, 0.2) is 24.4 Å². The van der Waals surface area contributed by atoms with Crippen LogP contribution < -0.4 is 0 Å². The number of aromatic nitrogens is 2. The fourth-order valence-electron chi connectivity index (χ4n) is 1.84. The van der Waals surface area contributed by atoms with Crippen molar-refractivity contribution in [3.63, 3.8) is 0 Å². The Labute approximate surface area is 97.9 Å². The van der Waals surface area contributed by atoms with Crippen molar-refractivity contribution in [2.75, 3.05) is 0 Å². The summed E-state index contributed by atoms with van der Waals surface area (Å²) in [5, 5.41) is 17.7. The minimum Gasteiger partial charge on any atom is -0.481 e. The predicted molar refractivity (Wildman–Crippen MR) is 60.6 cm³/mol. The van der Waals surface area contributed by atoms with E-state index >= 15 is 0 Å². The van der Waals surface area contributed by atoms with Gasteiger partial charge in [-0.05, 0) is 12.1 Å². The Hall–Kier alpha value is -2.35. The van der Waals surface area contributed by atoms with Crippen LogP contribution in [0.3, 0.4) is 0 Å². The van der Waals surface area contributed by atoms with Crippen LogP contribution in [0.25, 0.3) is 5.52 Å². The van der Waals surface area contributed by atoms with Gasteiger partial charge in [-0.25, -0.2) is 4.98 Å². The monoisotopic (exact) mass is 229 g/mol. The smallest absolute Gasteiger partial charge is 0.304 e. The number of fused-ring (bicyclic) bond motifs is 1. The summed E-state index contributed by atoms with van der Waals surface area (Å²) in [5.74, 6) is -0.493. The molecule has 0 aliphatic rings. The maximum absolute atomic E-state index is 10.7. The molecule has 2 heterocycles. The number of nitrogens with zero attached hydrogens (tertiary/aromatic N) is 3. The summed E-state index contributed by atoms with van der Waals surface area (Å²) in [6.07, 6.45) is 1.79. The second-order valence-electron chi connectivity index (χ2n) is 3.89.